The van der Waals surface area contributed by atoms with Crippen molar-refractivity contribution in [2.45, 2.75) is 33.2 Å². The van der Waals surface area contributed by atoms with Gasteiger partial charge in [-0.25, -0.2) is 4.98 Å². The first-order chi connectivity index (χ1) is 16.0. The molecule has 0 saturated heterocycles. The lowest BCUT2D eigenvalue weighted by Crippen LogP contribution is -2.25. The number of benzene rings is 3. The number of carbonyl (C=O) groups is 2. The molecule has 0 spiro atoms. The summed E-state index contributed by atoms with van der Waals surface area (Å²) in [6, 6.07) is 23.1. The van der Waals surface area contributed by atoms with Gasteiger partial charge < -0.3 is 15.2 Å². The molecule has 4 aromatic rings. The highest BCUT2D eigenvalue weighted by molar-refractivity contribution is 5.94. The van der Waals surface area contributed by atoms with Gasteiger partial charge in [-0.3, -0.25) is 9.59 Å². The molecule has 0 radical (unpaired) electrons. The van der Waals surface area contributed by atoms with Gasteiger partial charge in [0, 0.05) is 24.2 Å². The third kappa shape index (κ3) is 5.66. The number of anilines is 1. The average molecular weight is 441 g/mol. The van der Waals surface area contributed by atoms with Crippen LogP contribution in [0.2, 0.25) is 0 Å². The largest absolute Gasteiger partial charge is 0.352 e. The molecule has 0 atom stereocenters. The second kappa shape index (κ2) is 10.1. The van der Waals surface area contributed by atoms with E-state index in [0.717, 1.165) is 40.1 Å². The number of aryl methyl sites for hydroxylation is 3. The summed E-state index contributed by atoms with van der Waals surface area (Å²) in [5.41, 5.74) is 5.42. The van der Waals surface area contributed by atoms with Crippen LogP contribution in [-0.2, 0) is 17.8 Å². The van der Waals surface area contributed by atoms with E-state index >= 15 is 0 Å². The Kier molecular flexibility index (Phi) is 6.83. The number of amides is 2. The van der Waals surface area contributed by atoms with Crippen molar-refractivity contribution in [1.82, 2.24) is 14.9 Å². The summed E-state index contributed by atoms with van der Waals surface area (Å²) in [5, 5.41) is 5.93. The summed E-state index contributed by atoms with van der Waals surface area (Å²) in [5.74, 6) is 0.653. The summed E-state index contributed by atoms with van der Waals surface area (Å²) in [4.78, 5) is 29.9. The Morgan fingerprint density at radius 1 is 0.909 bits per heavy atom. The quantitative estimate of drug-likeness (QED) is 0.392. The first-order valence-corrected chi connectivity index (χ1v) is 11.1. The summed E-state index contributed by atoms with van der Waals surface area (Å²) in [6.07, 6.45) is 1.38. The van der Waals surface area contributed by atoms with Gasteiger partial charge >= 0.3 is 0 Å². The molecule has 2 amide bonds. The number of aromatic nitrogens is 2. The molecular formula is C27H28N4O2. The lowest BCUT2D eigenvalue weighted by atomic mass is 10.1. The van der Waals surface area contributed by atoms with E-state index in [1.54, 1.807) is 0 Å². The maximum absolute atomic E-state index is 12.7. The van der Waals surface area contributed by atoms with E-state index in [1.807, 2.05) is 91.2 Å². The molecule has 168 valence electrons. The number of nitrogens with zero attached hydrogens (tertiary/aromatic N) is 2. The van der Waals surface area contributed by atoms with E-state index in [0.29, 0.717) is 18.5 Å². The maximum Gasteiger partial charge on any atom is 0.251 e. The molecule has 0 aliphatic carbocycles. The fourth-order valence-corrected chi connectivity index (χ4v) is 3.81. The van der Waals surface area contributed by atoms with Crippen molar-refractivity contribution in [1.29, 1.82) is 0 Å². The molecular weight excluding hydrogens is 412 g/mol. The number of rotatable bonds is 8. The van der Waals surface area contributed by atoms with Gasteiger partial charge in [-0.05, 0) is 56.7 Å². The molecule has 0 fully saturated rings. The van der Waals surface area contributed by atoms with E-state index in [2.05, 4.69) is 10.6 Å². The van der Waals surface area contributed by atoms with Gasteiger partial charge in [-0.1, -0.05) is 47.5 Å². The van der Waals surface area contributed by atoms with Crippen LogP contribution < -0.4 is 10.6 Å². The number of fused-ring (bicyclic) bond motifs is 1. The second-order valence-corrected chi connectivity index (χ2v) is 8.25. The van der Waals surface area contributed by atoms with Crippen LogP contribution in [0.1, 0.15) is 33.7 Å². The lowest BCUT2D eigenvalue weighted by molar-refractivity contribution is -0.116. The van der Waals surface area contributed by atoms with E-state index in [-0.39, 0.29) is 18.4 Å². The summed E-state index contributed by atoms with van der Waals surface area (Å²) in [6.45, 7) is 4.69. The van der Waals surface area contributed by atoms with Gasteiger partial charge in [0.15, 0.2) is 0 Å². The van der Waals surface area contributed by atoms with Crippen LogP contribution in [0.3, 0.4) is 0 Å². The predicted molar refractivity (Wildman–Crippen MR) is 131 cm³/mol. The van der Waals surface area contributed by atoms with Gasteiger partial charge in [0.2, 0.25) is 5.91 Å². The molecule has 6 nitrogen and oxygen atoms in total. The van der Waals surface area contributed by atoms with Crippen molar-refractivity contribution >= 4 is 28.5 Å². The Hall–Kier alpha value is -3.93. The zero-order valence-electron chi connectivity index (χ0n) is 19.0. The Morgan fingerprint density at radius 3 is 2.48 bits per heavy atom. The number of hydrogen-bond acceptors (Lipinski definition) is 3. The minimum absolute atomic E-state index is 0.0790. The van der Waals surface area contributed by atoms with Gasteiger partial charge in [0.05, 0.1) is 11.0 Å². The highest BCUT2D eigenvalue weighted by Crippen LogP contribution is 2.18. The fourth-order valence-electron chi connectivity index (χ4n) is 3.81. The van der Waals surface area contributed by atoms with Crippen LogP contribution in [0.5, 0.6) is 0 Å². The first-order valence-electron chi connectivity index (χ1n) is 11.1. The van der Waals surface area contributed by atoms with E-state index in [1.165, 1.54) is 0 Å². The van der Waals surface area contributed by atoms with Crippen LogP contribution in [0, 0.1) is 13.8 Å². The van der Waals surface area contributed by atoms with Crippen LogP contribution in [0.15, 0.2) is 72.8 Å². The first kappa shape index (κ1) is 22.3. The molecule has 33 heavy (non-hydrogen) atoms. The molecule has 0 unspecified atom stereocenters. The summed E-state index contributed by atoms with van der Waals surface area (Å²) < 4.78 is 1.96. The molecule has 0 aliphatic heterocycles. The van der Waals surface area contributed by atoms with E-state index in [4.69, 9.17) is 4.98 Å². The molecule has 1 heterocycles. The van der Waals surface area contributed by atoms with Crippen LogP contribution in [0.4, 0.5) is 5.69 Å². The predicted octanol–water partition coefficient (Wildman–Crippen LogP) is 4.65. The Balaban J connectivity index is 1.41. The number of hydrogen-bond donors (Lipinski definition) is 2. The van der Waals surface area contributed by atoms with Gasteiger partial charge in [-0.15, -0.1) is 0 Å². The normalized spacial score (nSPS) is 10.8. The van der Waals surface area contributed by atoms with Crippen molar-refractivity contribution in [3.05, 3.63) is 95.3 Å². The SMILES string of the molecule is Cc1ccc(NC(=O)Cn2c(CCCNC(=O)c3cccc(C)c3)nc3ccccc32)cc1. The number of carbonyl (C=O) groups excluding carboxylic acids is 2. The molecule has 0 saturated carbocycles. The molecule has 1 aromatic heterocycles. The molecule has 4 rings (SSSR count). The van der Waals surface area contributed by atoms with Gasteiger partial charge in [-0.2, -0.15) is 0 Å². The number of para-hydroxylation sites is 2. The summed E-state index contributed by atoms with van der Waals surface area (Å²) in [7, 11) is 0. The van der Waals surface area contributed by atoms with Gasteiger partial charge in [0.1, 0.15) is 12.4 Å². The van der Waals surface area contributed by atoms with Crippen molar-refractivity contribution < 1.29 is 9.59 Å². The minimum atomic E-state index is -0.101. The highest BCUT2D eigenvalue weighted by Gasteiger charge is 2.14. The van der Waals surface area contributed by atoms with Crippen LogP contribution in [-0.4, -0.2) is 27.9 Å². The molecule has 3 aromatic carbocycles. The minimum Gasteiger partial charge on any atom is -0.352 e. The van der Waals surface area contributed by atoms with E-state index in [9.17, 15) is 9.59 Å². The molecule has 2 N–H and O–H groups in total. The zero-order valence-corrected chi connectivity index (χ0v) is 19.0. The van der Waals surface area contributed by atoms with Crippen molar-refractivity contribution in [2.75, 3.05) is 11.9 Å². The second-order valence-electron chi connectivity index (χ2n) is 8.25. The third-order valence-electron chi connectivity index (χ3n) is 5.51. The average Bonchev–Trinajstić information content (AvgIpc) is 3.15. The zero-order chi connectivity index (χ0) is 23.2. The van der Waals surface area contributed by atoms with Crippen molar-refractivity contribution in [3.8, 4) is 0 Å². The van der Waals surface area contributed by atoms with Crippen LogP contribution in [0.25, 0.3) is 11.0 Å². The maximum atomic E-state index is 12.7. The molecule has 0 bridgehead atoms. The lowest BCUT2D eigenvalue weighted by Gasteiger charge is -2.11. The Labute approximate surface area is 193 Å². The topological polar surface area (TPSA) is 76.0 Å². The monoisotopic (exact) mass is 440 g/mol. The summed E-state index contributed by atoms with van der Waals surface area (Å²) >= 11 is 0. The van der Waals surface area contributed by atoms with Crippen molar-refractivity contribution in [3.63, 3.8) is 0 Å². The third-order valence-corrected chi connectivity index (χ3v) is 5.51. The molecule has 6 heteroatoms. The van der Waals surface area contributed by atoms with Crippen molar-refractivity contribution in [2.24, 2.45) is 0 Å². The number of nitrogens with one attached hydrogen (secondary N) is 2. The fraction of sp³-hybridized carbons (Fsp3) is 0.222. The number of imidazole rings is 1. The molecule has 0 aliphatic rings. The smallest absolute Gasteiger partial charge is 0.251 e. The standard InChI is InChI=1S/C27H28N4O2/c1-19-12-14-22(15-13-19)29-26(32)18-31-24-10-4-3-9-23(24)30-25(31)11-6-16-28-27(33)21-8-5-7-20(2)17-21/h3-5,7-10,12-15,17H,6,11,16,18H2,1-2H3,(H,28,33)(H,29,32). The van der Waals surface area contributed by atoms with E-state index < -0.39 is 0 Å². The highest BCUT2D eigenvalue weighted by atomic mass is 16.2. The van der Waals surface area contributed by atoms with Crippen LogP contribution >= 0.6 is 0 Å². The van der Waals surface area contributed by atoms with Gasteiger partial charge in [0.25, 0.3) is 5.91 Å². The Morgan fingerprint density at radius 2 is 1.70 bits per heavy atom. The Bertz CT molecular complexity index is 1280.